The highest BCUT2D eigenvalue weighted by Crippen LogP contribution is 2.36. The molecule has 3 amide bonds. The number of piperidine rings is 3. The van der Waals surface area contributed by atoms with Crippen LogP contribution in [0.5, 0.6) is 0 Å². The van der Waals surface area contributed by atoms with Crippen molar-refractivity contribution in [2.24, 2.45) is 11.8 Å². The summed E-state index contributed by atoms with van der Waals surface area (Å²) in [5.74, 6) is 1.58. The number of rotatable bonds is 12. The van der Waals surface area contributed by atoms with E-state index in [2.05, 4.69) is 53.4 Å². The molecule has 0 bridgehead atoms. The topological polar surface area (TPSA) is 169 Å². The number of carbonyl (C=O) groups excluding carboxylic acids is 4. The third-order valence-corrected chi connectivity index (χ3v) is 15.6. The van der Waals surface area contributed by atoms with E-state index in [1.54, 1.807) is 22.6 Å². The van der Waals surface area contributed by atoms with Crippen LogP contribution in [0.25, 0.3) is 11.0 Å². The molecule has 8 heterocycles. The van der Waals surface area contributed by atoms with Crippen LogP contribution in [0.4, 0.5) is 23.1 Å². The molecule has 1 aliphatic carbocycles. The summed E-state index contributed by atoms with van der Waals surface area (Å²) in [6, 6.07) is 9.62. The number of likely N-dealkylation sites (tertiary alicyclic amines) is 1. The van der Waals surface area contributed by atoms with Gasteiger partial charge < -0.3 is 24.9 Å². The van der Waals surface area contributed by atoms with Gasteiger partial charge in [-0.05, 0) is 132 Å². The fraction of sp³-hybridized carbons (Fsp3) is 0.560. The van der Waals surface area contributed by atoms with Crippen molar-refractivity contribution in [2.75, 3.05) is 80.6 Å². The molecule has 1 unspecified atom stereocenters. The van der Waals surface area contributed by atoms with Crippen LogP contribution in [-0.2, 0) is 16.1 Å². The molecule has 4 aromatic rings. The van der Waals surface area contributed by atoms with Gasteiger partial charge in [0.1, 0.15) is 17.5 Å². The quantitative estimate of drug-likeness (QED) is 0.136. The minimum atomic E-state index is -0.584. The Hall–Kier alpha value is -5.74. The molecule has 10 rings (SSSR count). The average Bonchev–Trinajstić information content (AvgIpc) is 3.97. The van der Waals surface area contributed by atoms with Crippen molar-refractivity contribution in [3.8, 4) is 0 Å². The second-order valence-electron chi connectivity index (χ2n) is 19.6. The van der Waals surface area contributed by atoms with E-state index in [0.717, 1.165) is 112 Å². The van der Waals surface area contributed by atoms with Crippen molar-refractivity contribution < 1.29 is 19.2 Å². The van der Waals surface area contributed by atoms with Crippen molar-refractivity contribution in [3.05, 3.63) is 75.3 Å². The summed E-state index contributed by atoms with van der Waals surface area (Å²) >= 11 is 0. The SMILES string of the molecule is CC(=O)c1c(C)c2cnc(Nc3ccc(N4CCN(CCN5CCC(CC6CCN(c7ccc8c(c7)CN(C7CCC(=O)NC7=O)C8=O)CC6)CC5)CC4)cn3)nc2n(C2CCCC2)c1=O. The Morgan fingerprint density at radius 3 is 2.14 bits per heavy atom. The summed E-state index contributed by atoms with van der Waals surface area (Å²) in [6.07, 6.45) is 14.4. The van der Waals surface area contributed by atoms with Gasteiger partial charge in [0.2, 0.25) is 17.8 Å². The van der Waals surface area contributed by atoms with Crippen molar-refractivity contribution in [3.63, 3.8) is 0 Å². The molecule has 2 N–H and O–H groups in total. The summed E-state index contributed by atoms with van der Waals surface area (Å²) in [4.78, 5) is 89.3. The second kappa shape index (κ2) is 18.9. The first kappa shape index (κ1) is 44.1. The van der Waals surface area contributed by atoms with E-state index in [1.807, 2.05) is 18.3 Å². The minimum Gasteiger partial charge on any atom is -0.372 e. The van der Waals surface area contributed by atoms with Crippen molar-refractivity contribution >= 4 is 57.7 Å². The smallest absolute Gasteiger partial charge is 0.263 e. The zero-order valence-corrected chi connectivity index (χ0v) is 38.5. The van der Waals surface area contributed by atoms with Gasteiger partial charge in [0.15, 0.2) is 5.78 Å². The maximum atomic E-state index is 13.6. The standard InChI is InChI=1S/C50H63N11O5/c1-32-41-30-52-50(55-46(41)61(37-5-3-4-6-37)49(66)45(32)33(2)62)53-43-11-8-39(29-51-43)59-25-23-57(24-26-59)22-21-56-17-13-34(14-18-56)27-35-15-19-58(20-16-35)38-7-9-40-36(28-38)31-60(48(40)65)42-10-12-44(63)54-47(42)64/h7-9,11,28-30,34-35,37,42H,3-6,10,12-27,31H2,1-2H3,(H,54,63,64)(H,51,52,53,55). The predicted molar refractivity (Wildman–Crippen MR) is 253 cm³/mol. The molecule has 16 nitrogen and oxygen atoms in total. The Balaban J connectivity index is 0.641. The molecule has 66 heavy (non-hydrogen) atoms. The molecule has 1 atom stereocenters. The van der Waals surface area contributed by atoms with E-state index < -0.39 is 6.04 Å². The molecule has 0 radical (unpaired) electrons. The molecule has 16 heteroatoms. The Bertz CT molecular complexity index is 2550. The van der Waals surface area contributed by atoms with E-state index in [0.29, 0.717) is 41.5 Å². The van der Waals surface area contributed by atoms with E-state index in [9.17, 15) is 24.0 Å². The molecule has 1 aromatic carbocycles. The molecular formula is C50H63N11O5. The third kappa shape index (κ3) is 9.05. The molecule has 6 aliphatic rings. The van der Waals surface area contributed by atoms with E-state index in [-0.39, 0.29) is 47.1 Å². The van der Waals surface area contributed by atoms with Gasteiger partial charge in [-0.15, -0.1) is 0 Å². The minimum absolute atomic E-state index is 0.0248. The third-order valence-electron chi connectivity index (χ3n) is 15.6. The number of carbonyl (C=O) groups is 4. The highest BCUT2D eigenvalue weighted by Gasteiger charge is 2.39. The van der Waals surface area contributed by atoms with E-state index in [4.69, 9.17) is 9.97 Å². The lowest BCUT2D eigenvalue weighted by atomic mass is 9.82. The Morgan fingerprint density at radius 2 is 1.45 bits per heavy atom. The van der Waals surface area contributed by atoms with Crippen LogP contribution >= 0.6 is 0 Å². The van der Waals surface area contributed by atoms with Crippen LogP contribution in [0.15, 0.2) is 47.5 Å². The fourth-order valence-electron chi connectivity index (χ4n) is 11.7. The lowest BCUT2D eigenvalue weighted by Gasteiger charge is -2.39. The number of nitrogens with zero attached hydrogens (tertiary/aromatic N) is 9. The zero-order chi connectivity index (χ0) is 45.5. The zero-order valence-electron chi connectivity index (χ0n) is 38.5. The largest absolute Gasteiger partial charge is 0.372 e. The Morgan fingerprint density at radius 1 is 0.773 bits per heavy atom. The number of Topliss-reactive ketones (excluding diaryl/α,β-unsaturated/α-hetero) is 1. The number of hydrogen-bond donors (Lipinski definition) is 2. The van der Waals surface area contributed by atoms with Crippen LogP contribution in [-0.4, -0.2) is 129 Å². The van der Waals surface area contributed by atoms with Crippen molar-refractivity contribution in [2.45, 2.75) is 103 Å². The van der Waals surface area contributed by atoms with Gasteiger partial charge in [0.05, 0.1) is 17.4 Å². The van der Waals surface area contributed by atoms with Crippen LogP contribution in [0.2, 0.25) is 0 Å². The van der Waals surface area contributed by atoms with Crippen molar-refractivity contribution in [1.82, 2.24) is 39.5 Å². The second-order valence-corrected chi connectivity index (χ2v) is 19.6. The Labute approximate surface area is 386 Å². The molecule has 3 aromatic heterocycles. The Kier molecular flexibility index (Phi) is 12.6. The van der Waals surface area contributed by atoms with Gasteiger partial charge in [-0.3, -0.25) is 38.8 Å². The molecule has 4 saturated heterocycles. The number of imide groups is 1. The van der Waals surface area contributed by atoms with Gasteiger partial charge in [0.25, 0.3) is 11.5 Å². The van der Waals surface area contributed by atoms with Gasteiger partial charge in [-0.2, -0.15) is 4.98 Å². The van der Waals surface area contributed by atoms with Gasteiger partial charge in [-0.25, -0.2) is 9.97 Å². The summed E-state index contributed by atoms with van der Waals surface area (Å²) in [6.45, 7) is 14.3. The summed E-state index contributed by atoms with van der Waals surface area (Å²) in [7, 11) is 0. The summed E-state index contributed by atoms with van der Waals surface area (Å²) in [5, 5.41) is 6.37. The molecule has 5 aliphatic heterocycles. The highest BCUT2D eigenvalue weighted by atomic mass is 16.2. The number of aromatic nitrogens is 4. The number of aryl methyl sites for hydroxylation is 1. The van der Waals surface area contributed by atoms with Crippen LogP contribution in [0.1, 0.15) is 115 Å². The monoisotopic (exact) mass is 898 g/mol. The number of ketones is 1. The molecule has 0 spiro atoms. The molecule has 5 fully saturated rings. The molecular weight excluding hydrogens is 835 g/mol. The lowest BCUT2D eigenvalue weighted by Crippen LogP contribution is -2.52. The molecule has 348 valence electrons. The van der Waals surface area contributed by atoms with Gasteiger partial charge in [0, 0.05) is 94.2 Å². The lowest BCUT2D eigenvalue weighted by molar-refractivity contribution is -0.136. The maximum Gasteiger partial charge on any atom is 0.263 e. The van der Waals surface area contributed by atoms with Crippen LogP contribution in [0.3, 0.4) is 0 Å². The van der Waals surface area contributed by atoms with Crippen LogP contribution < -0.4 is 26.0 Å². The summed E-state index contributed by atoms with van der Waals surface area (Å²) in [5.41, 5.74) is 5.06. The fourth-order valence-corrected chi connectivity index (χ4v) is 11.7. The number of fused-ring (bicyclic) bond motifs is 2. The molecule has 1 saturated carbocycles. The number of anilines is 4. The number of amides is 3. The highest BCUT2D eigenvalue weighted by molar-refractivity contribution is 6.05. The summed E-state index contributed by atoms with van der Waals surface area (Å²) < 4.78 is 1.73. The first-order chi connectivity index (χ1) is 32.1. The predicted octanol–water partition coefficient (Wildman–Crippen LogP) is 5.46. The van der Waals surface area contributed by atoms with Crippen LogP contribution in [0, 0.1) is 18.8 Å². The maximum absolute atomic E-state index is 13.6. The first-order valence-corrected chi connectivity index (χ1v) is 24.4. The van der Waals surface area contributed by atoms with Crippen molar-refractivity contribution in [1.29, 1.82) is 0 Å². The average molecular weight is 898 g/mol. The number of benzene rings is 1. The number of pyridine rings is 2. The van der Waals surface area contributed by atoms with Gasteiger partial charge >= 0.3 is 0 Å². The number of nitrogens with one attached hydrogen (secondary N) is 2. The normalized spacial score (nSPS) is 21.8. The van der Waals surface area contributed by atoms with E-state index in [1.165, 1.54) is 52.1 Å². The van der Waals surface area contributed by atoms with E-state index >= 15 is 0 Å². The van der Waals surface area contributed by atoms with Gasteiger partial charge in [-0.1, -0.05) is 12.8 Å². The first-order valence-electron chi connectivity index (χ1n) is 24.4. The number of hydrogen-bond acceptors (Lipinski definition) is 13. The number of piperazine rings is 1.